The van der Waals surface area contributed by atoms with Gasteiger partial charge < -0.3 is 15.0 Å². The first-order chi connectivity index (χ1) is 8.70. The van der Waals surface area contributed by atoms with E-state index >= 15 is 0 Å². The smallest absolute Gasteiger partial charge is 0.252 e. The Bertz CT molecular complexity index is 533. The Kier molecular flexibility index (Phi) is 4.24. The highest BCUT2D eigenvalue weighted by atomic mass is 35.5. The molecule has 1 aromatic carbocycles. The molecule has 0 bridgehead atoms. The molecule has 2 aromatic rings. The second-order valence-electron chi connectivity index (χ2n) is 3.48. The third-order valence-electron chi connectivity index (χ3n) is 2.13. The lowest BCUT2D eigenvalue weighted by Crippen LogP contribution is -2.08. The third kappa shape index (κ3) is 3.04. The van der Waals surface area contributed by atoms with Gasteiger partial charge in [-0.3, -0.25) is 0 Å². The number of benzene rings is 1. The van der Waals surface area contributed by atoms with Gasteiger partial charge in [-0.05, 0) is 18.2 Å². The first kappa shape index (κ1) is 12.9. The SMILES string of the molecule is NCCOCc1nc(-c2ccc(F)cc2Cl)no1. The number of hydrogen-bond acceptors (Lipinski definition) is 5. The maximum atomic E-state index is 12.9. The second kappa shape index (κ2) is 5.90. The largest absolute Gasteiger partial charge is 0.370 e. The van der Waals surface area contributed by atoms with Crippen LogP contribution >= 0.6 is 11.6 Å². The van der Waals surface area contributed by atoms with Gasteiger partial charge in [0.05, 0.1) is 11.6 Å². The molecule has 0 unspecified atom stereocenters. The molecule has 18 heavy (non-hydrogen) atoms. The molecule has 7 heteroatoms. The maximum Gasteiger partial charge on any atom is 0.252 e. The van der Waals surface area contributed by atoms with Crippen molar-refractivity contribution in [3.05, 3.63) is 34.9 Å². The Morgan fingerprint density at radius 1 is 1.44 bits per heavy atom. The highest BCUT2D eigenvalue weighted by Crippen LogP contribution is 2.26. The van der Waals surface area contributed by atoms with Crippen molar-refractivity contribution in [1.82, 2.24) is 10.1 Å². The van der Waals surface area contributed by atoms with E-state index in [9.17, 15) is 4.39 Å². The summed E-state index contributed by atoms with van der Waals surface area (Å²) >= 11 is 5.89. The lowest BCUT2D eigenvalue weighted by Gasteiger charge is -1.98. The molecule has 0 radical (unpaired) electrons. The van der Waals surface area contributed by atoms with Crippen molar-refractivity contribution < 1.29 is 13.7 Å². The second-order valence-corrected chi connectivity index (χ2v) is 3.88. The molecule has 0 aliphatic carbocycles. The number of ether oxygens (including phenoxy) is 1. The maximum absolute atomic E-state index is 12.9. The van der Waals surface area contributed by atoms with E-state index in [1.807, 2.05) is 0 Å². The molecular weight excluding hydrogens is 261 g/mol. The third-order valence-corrected chi connectivity index (χ3v) is 2.44. The summed E-state index contributed by atoms with van der Waals surface area (Å²) in [6, 6.07) is 3.97. The molecule has 0 atom stereocenters. The fourth-order valence-electron chi connectivity index (χ4n) is 1.34. The van der Waals surface area contributed by atoms with Crippen LogP contribution in [0.25, 0.3) is 11.4 Å². The average Bonchev–Trinajstić information content (AvgIpc) is 2.78. The van der Waals surface area contributed by atoms with Crippen LogP contribution in [0.15, 0.2) is 22.7 Å². The van der Waals surface area contributed by atoms with E-state index in [-0.39, 0.29) is 11.6 Å². The van der Waals surface area contributed by atoms with E-state index in [0.29, 0.717) is 30.4 Å². The molecule has 96 valence electrons. The van der Waals surface area contributed by atoms with E-state index in [2.05, 4.69) is 10.1 Å². The van der Waals surface area contributed by atoms with Crippen LogP contribution in [0.4, 0.5) is 4.39 Å². The molecule has 0 saturated heterocycles. The first-order valence-electron chi connectivity index (χ1n) is 5.26. The number of nitrogens with zero attached hydrogens (tertiary/aromatic N) is 2. The molecular formula is C11H11ClFN3O2. The van der Waals surface area contributed by atoms with Gasteiger partial charge >= 0.3 is 0 Å². The number of hydrogen-bond donors (Lipinski definition) is 1. The lowest BCUT2D eigenvalue weighted by molar-refractivity contribution is 0.104. The van der Waals surface area contributed by atoms with Gasteiger partial charge in [0, 0.05) is 12.1 Å². The van der Waals surface area contributed by atoms with Gasteiger partial charge in [0.1, 0.15) is 12.4 Å². The average molecular weight is 272 g/mol. The van der Waals surface area contributed by atoms with E-state index < -0.39 is 5.82 Å². The first-order valence-corrected chi connectivity index (χ1v) is 5.64. The number of halogens is 2. The summed E-state index contributed by atoms with van der Waals surface area (Å²) < 4.78 is 23.0. The quantitative estimate of drug-likeness (QED) is 0.842. The van der Waals surface area contributed by atoms with E-state index in [1.165, 1.54) is 18.2 Å². The summed E-state index contributed by atoms with van der Waals surface area (Å²) in [7, 11) is 0. The van der Waals surface area contributed by atoms with E-state index in [4.69, 9.17) is 26.6 Å². The molecule has 0 aliphatic heterocycles. The minimum atomic E-state index is -0.418. The molecule has 2 N–H and O–H groups in total. The van der Waals surface area contributed by atoms with Crippen molar-refractivity contribution in [3.8, 4) is 11.4 Å². The fraction of sp³-hybridized carbons (Fsp3) is 0.273. The van der Waals surface area contributed by atoms with Crippen LogP contribution in [0.5, 0.6) is 0 Å². The van der Waals surface area contributed by atoms with Gasteiger partial charge in [0.25, 0.3) is 5.89 Å². The van der Waals surface area contributed by atoms with Crippen molar-refractivity contribution in [1.29, 1.82) is 0 Å². The molecule has 1 aromatic heterocycles. The Labute approximate surface area is 108 Å². The predicted octanol–water partition coefficient (Wildman–Crippen LogP) is 2.00. The van der Waals surface area contributed by atoms with Crippen molar-refractivity contribution in [2.24, 2.45) is 5.73 Å². The Balaban J connectivity index is 2.13. The molecule has 0 aliphatic rings. The molecule has 5 nitrogen and oxygen atoms in total. The fourth-order valence-corrected chi connectivity index (χ4v) is 1.59. The van der Waals surface area contributed by atoms with Gasteiger partial charge in [-0.15, -0.1) is 0 Å². The van der Waals surface area contributed by atoms with Crippen molar-refractivity contribution in [3.63, 3.8) is 0 Å². The van der Waals surface area contributed by atoms with Gasteiger partial charge in [-0.2, -0.15) is 4.98 Å². The van der Waals surface area contributed by atoms with Gasteiger partial charge in [-0.1, -0.05) is 16.8 Å². The molecule has 0 amide bonds. The summed E-state index contributed by atoms with van der Waals surface area (Å²) in [4.78, 5) is 4.09. The van der Waals surface area contributed by atoms with Crippen LogP contribution in [0.1, 0.15) is 5.89 Å². The van der Waals surface area contributed by atoms with Crippen LogP contribution in [0.2, 0.25) is 5.02 Å². The van der Waals surface area contributed by atoms with Crippen molar-refractivity contribution >= 4 is 11.6 Å². The van der Waals surface area contributed by atoms with Gasteiger partial charge in [0.15, 0.2) is 0 Å². The minimum absolute atomic E-state index is 0.184. The zero-order chi connectivity index (χ0) is 13.0. The normalized spacial score (nSPS) is 10.8. The minimum Gasteiger partial charge on any atom is -0.370 e. The van der Waals surface area contributed by atoms with Crippen LogP contribution in [0, 0.1) is 5.82 Å². The Morgan fingerprint density at radius 2 is 2.28 bits per heavy atom. The molecule has 0 fully saturated rings. The van der Waals surface area contributed by atoms with Crippen molar-refractivity contribution in [2.45, 2.75) is 6.61 Å². The number of aromatic nitrogens is 2. The molecule has 0 saturated carbocycles. The number of nitrogens with two attached hydrogens (primary N) is 1. The Hall–Kier alpha value is -1.50. The zero-order valence-corrected chi connectivity index (χ0v) is 10.2. The van der Waals surface area contributed by atoms with Crippen LogP contribution < -0.4 is 5.73 Å². The Morgan fingerprint density at radius 3 is 3.00 bits per heavy atom. The standard InChI is InChI=1S/C11H11ClFN3O2/c12-9-5-7(13)1-2-8(9)11-15-10(18-16-11)6-17-4-3-14/h1-2,5H,3-4,6,14H2. The highest BCUT2D eigenvalue weighted by Gasteiger charge is 2.12. The lowest BCUT2D eigenvalue weighted by atomic mass is 10.2. The summed E-state index contributed by atoms with van der Waals surface area (Å²) in [6.45, 7) is 1.02. The van der Waals surface area contributed by atoms with Gasteiger partial charge in [0.2, 0.25) is 5.82 Å². The zero-order valence-electron chi connectivity index (χ0n) is 9.40. The molecule has 2 rings (SSSR count). The predicted molar refractivity (Wildman–Crippen MR) is 63.4 cm³/mol. The van der Waals surface area contributed by atoms with E-state index in [0.717, 1.165) is 0 Å². The topological polar surface area (TPSA) is 74.2 Å². The van der Waals surface area contributed by atoms with Crippen LogP contribution in [0.3, 0.4) is 0 Å². The summed E-state index contributed by atoms with van der Waals surface area (Å²) in [5.41, 5.74) is 5.78. The van der Waals surface area contributed by atoms with Crippen LogP contribution in [-0.2, 0) is 11.3 Å². The van der Waals surface area contributed by atoms with Gasteiger partial charge in [-0.25, -0.2) is 4.39 Å². The summed E-state index contributed by atoms with van der Waals surface area (Å²) in [5.74, 6) is 0.198. The monoisotopic (exact) mass is 271 g/mol. The molecule has 0 spiro atoms. The summed E-state index contributed by atoms with van der Waals surface area (Å²) in [6.07, 6.45) is 0. The number of rotatable bonds is 5. The molecule has 1 heterocycles. The van der Waals surface area contributed by atoms with Crippen LogP contribution in [-0.4, -0.2) is 23.3 Å². The van der Waals surface area contributed by atoms with Crippen molar-refractivity contribution in [2.75, 3.05) is 13.2 Å². The summed E-state index contributed by atoms with van der Waals surface area (Å²) in [5, 5.41) is 3.98. The van der Waals surface area contributed by atoms with E-state index in [1.54, 1.807) is 0 Å². The highest BCUT2D eigenvalue weighted by molar-refractivity contribution is 6.33.